The molecular formula is C26H31N3O10S. The quantitative estimate of drug-likeness (QED) is 0.238. The Morgan fingerprint density at radius 2 is 1.93 bits per heavy atom. The number of amides is 2. The van der Waals surface area contributed by atoms with Crippen molar-refractivity contribution in [3.05, 3.63) is 35.0 Å². The number of thioether (sulfide) groups is 1. The molecule has 1 aromatic carbocycles. The number of fused-ring (bicyclic) bond motifs is 2. The van der Waals surface area contributed by atoms with Gasteiger partial charge < -0.3 is 34.7 Å². The molecule has 3 N–H and O–H groups in total. The lowest BCUT2D eigenvalue weighted by atomic mass is 9.98. The highest BCUT2D eigenvalue weighted by molar-refractivity contribution is 8.00. The van der Waals surface area contributed by atoms with Crippen LogP contribution >= 0.6 is 11.8 Å². The molecule has 1 saturated heterocycles. The Hall–Kier alpha value is -3.78. The van der Waals surface area contributed by atoms with Crippen molar-refractivity contribution in [1.29, 1.82) is 0 Å². The smallest absolute Gasteiger partial charge is 0.358 e. The fraction of sp³-hybridized carbons (Fsp3) is 0.500. The van der Waals surface area contributed by atoms with Gasteiger partial charge in [-0.05, 0) is 26.8 Å². The lowest BCUT2D eigenvalue weighted by Crippen LogP contribution is -2.71. The molecule has 40 heavy (non-hydrogen) atoms. The van der Waals surface area contributed by atoms with Crippen molar-refractivity contribution in [3.8, 4) is 11.5 Å². The number of carbonyl (C=O) groups excluding carboxylic acids is 5. The summed E-state index contributed by atoms with van der Waals surface area (Å²) in [4.78, 5) is 63.7. The van der Waals surface area contributed by atoms with Gasteiger partial charge in [-0.3, -0.25) is 24.1 Å². The number of carbonyl (C=O) groups is 5. The van der Waals surface area contributed by atoms with Gasteiger partial charge in [0, 0.05) is 30.2 Å². The summed E-state index contributed by atoms with van der Waals surface area (Å²) >= 11 is 1.28. The van der Waals surface area contributed by atoms with Gasteiger partial charge in [-0.15, -0.1) is 11.8 Å². The minimum absolute atomic E-state index is 0.0792. The molecule has 0 bridgehead atoms. The van der Waals surface area contributed by atoms with Gasteiger partial charge in [0.25, 0.3) is 5.91 Å². The lowest BCUT2D eigenvalue weighted by molar-refractivity contribution is -0.173. The van der Waals surface area contributed by atoms with E-state index in [-0.39, 0.29) is 31.3 Å². The number of nitrogens with zero attached hydrogens (tertiary/aromatic N) is 1. The molecule has 1 aromatic rings. The summed E-state index contributed by atoms with van der Waals surface area (Å²) < 4.78 is 26.0. The highest BCUT2D eigenvalue weighted by atomic mass is 32.2. The van der Waals surface area contributed by atoms with Gasteiger partial charge in [0.15, 0.2) is 11.5 Å². The third kappa shape index (κ3) is 6.17. The standard InChI is InChI=1S/C26H31N3O10S/c1-13(30)35-9-15-10-40-23-18(22(32)29(23)19(15)24(33)38-12-39-25(34)26(2,3)4)28-21(31)16(27)8-14-6-5-7-17-20(14)37-11-36-17/h5-7,16,18,23H,8-12,27H2,1-4H3,(H,28,31)/t16?,18-,23-/m1/s1. The second-order valence-corrected chi connectivity index (χ2v) is 11.4. The monoisotopic (exact) mass is 577 g/mol. The average molecular weight is 578 g/mol. The number of ether oxygens (including phenoxy) is 5. The average Bonchev–Trinajstić information content (AvgIpc) is 3.39. The summed E-state index contributed by atoms with van der Waals surface area (Å²) in [5.74, 6) is -1.87. The van der Waals surface area contributed by atoms with Crippen molar-refractivity contribution in [2.75, 3.05) is 25.9 Å². The highest BCUT2D eigenvalue weighted by Gasteiger charge is 2.54. The van der Waals surface area contributed by atoms with Crippen LogP contribution in [0, 0.1) is 5.41 Å². The van der Waals surface area contributed by atoms with E-state index >= 15 is 0 Å². The zero-order valence-electron chi connectivity index (χ0n) is 22.5. The van der Waals surface area contributed by atoms with E-state index in [9.17, 15) is 24.0 Å². The maximum absolute atomic E-state index is 13.2. The fourth-order valence-corrected chi connectivity index (χ4v) is 5.46. The zero-order chi connectivity index (χ0) is 29.2. The van der Waals surface area contributed by atoms with E-state index in [1.165, 1.54) is 23.6 Å². The summed E-state index contributed by atoms with van der Waals surface area (Å²) in [5.41, 5.74) is 6.26. The number of benzene rings is 1. The minimum atomic E-state index is -0.983. The number of nitrogens with one attached hydrogen (secondary N) is 1. The van der Waals surface area contributed by atoms with Gasteiger partial charge in [-0.2, -0.15) is 0 Å². The number of β-lactam (4-membered cyclic amide) rings is 1. The molecule has 0 radical (unpaired) electrons. The van der Waals surface area contributed by atoms with Crippen molar-refractivity contribution in [1.82, 2.24) is 10.2 Å². The molecule has 0 spiro atoms. The molecule has 3 atom stereocenters. The van der Waals surface area contributed by atoms with E-state index in [0.717, 1.165) is 0 Å². The number of rotatable bonds is 9. The van der Waals surface area contributed by atoms with Crippen LogP contribution in [-0.2, 0) is 44.6 Å². The van der Waals surface area contributed by atoms with Crippen molar-refractivity contribution in [2.24, 2.45) is 11.1 Å². The molecule has 14 heteroatoms. The molecule has 1 unspecified atom stereocenters. The lowest BCUT2D eigenvalue weighted by Gasteiger charge is -2.49. The maximum atomic E-state index is 13.2. The molecule has 13 nitrogen and oxygen atoms in total. The first-order valence-electron chi connectivity index (χ1n) is 12.5. The molecule has 3 aliphatic heterocycles. The second-order valence-electron chi connectivity index (χ2n) is 10.3. The molecule has 2 amide bonds. The van der Waals surface area contributed by atoms with Crippen molar-refractivity contribution >= 4 is 41.5 Å². The normalized spacial score (nSPS) is 20.2. The van der Waals surface area contributed by atoms with E-state index < -0.39 is 59.4 Å². The fourth-order valence-electron chi connectivity index (χ4n) is 4.13. The minimum Gasteiger partial charge on any atom is -0.461 e. The summed E-state index contributed by atoms with van der Waals surface area (Å²) in [6.07, 6.45) is 0.151. The van der Waals surface area contributed by atoms with E-state index in [1.54, 1.807) is 39.0 Å². The summed E-state index contributed by atoms with van der Waals surface area (Å²) in [5, 5.41) is 2.05. The summed E-state index contributed by atoms with van der Waals surface area (Å²) in [6, 6.07) is 3.37. The van der Waals surface area contributed by atoms with Crippen LogP contribution in [0.5, 0.6) is 11.5 Å². The molecule has 0 saturated carbocycles. The van der Waals surface area contributed by atoms with Gasteiger partial charge in [-0.25, -0.2) is 4.79 Å². The Morgan fingerprint density at radius 1 is 1.18 bits per heavy atom. The topological polar surface area (TPSA) is 173 Å². The molecule has 216 valence electrons. The highest BCUT2D eigenvalue weighted by Crippen LogP contribution is 2.41. The number of esters is 3. The Kier molecular flexibility index (Phi) is 8.59. The van der Waals surface area contributed by atoms with Crippen molar-refractivity contribution in [3.63, 3.8) is 0 Å². The number of nitrogens with two attached hydrogens (primary N) is 1. The number of para-hydroxylation sites is 1. The van der Waals surface area contributed by atoms with Crippen LogP contribution < -0.4 is 20.5 Å². The van der Waals surface area contributed by atoms with Crippen LogP contribution in [0.3, 0.4) is 0 Å². The van der Waals surface area contributed by atoms with Crippen LogP contribution in [0.1, 0.15) is 33.3 Å². The van der Waals surface area contributed by atoms with Crippen LogP contribution in [0.25, 0.3) is 0 Å². The Balaban J connectivity index is 1.42. The number of hydrogen-bond donors (Lipinski definition) is 2. The van der Waals surface area contributed by atoms with E-state index in [4.69, 9.17) is 29.4 Å². The van der Waals surface area contributed by atoms with Crippen LogP contribution in [0.4, 0.5) is 0 Å². The summed E-state index contributed by atoms with van der Waals surface area (Å²) in [7, 11) is 0. The Morgan fingerprint density at radius 3 is 2.62 bits per heavy atom. The molecule has 0 aliphatic carbocycles. The SMILES string of the molecule is CC(=O)OCC1=C(C(=O)OCOC(=O)C(C)(C)C)N2C(=O)[C@@H](NC(=O)C(N)Cc3cccc4c3OCO4)[C@H]2SC1. The van der Waals surface area contributed by atoms with Gasteiger partial charge in [-0.1, -0.05) is 12.1 Å². The van der Waals surface area contributed by atoms with Crippen molar-refractivity contribution < 1.29 is 47.7 Å². The van der Waals surface area contributed by atoms with Crippen LogP contribution in [0.2, 0.25) is 0 Å². The largest absolute Gasteiger partial charge is 0.461 e. The van der Waals surface area contributed by atoms with Gasteiger partial charge in [0.1, 0.15) is 23.7 Å². The zero-order valence-corrected chi connectivity index (χ0v) is 23.3. The van der Waals surface area contributed by atoms with E-state index in [1.807, 2.05) is 0 Å². The first-order valence-corrected chi connectivity index (χ1v) is 13.5. The molecule has 0 aromatic heterocycles. The van der Waals surface area contributed by atoms with Gasteiger partial charge in [0.2, 0.25) is 19.5 Å². The van der Waals surface area contributed by atoms with Crippen LogP contribution in [0.15, 0.2) is 29.5 Å². The maximum Gasteiger partial charge on any atom is 0.358 e. The molecule has 4 rings (SSSR count). The first-order chi connectivity index (χ1) is 18.9. The molecule has 3 heterocycles. The first kappa shape index (κ1) is 29.2. The van der Waals surface area contributed by atoms with E-state index in [0.29, 0.717) is 22.6 Å². The second kappa shape index (κ2) is 11.8. The molecule has 1 fully saturated rings. The summed E-state index contributed by atoms with van der Waals surface area (Å²) in [6.45, 7) is 5.34. The predicted octanol–water partition coefficient (Wildman–Crippen LogP) is 0.592. The van der Waals surface area contributed by atoms with Gasteiger partial charge in [0.05, 0.1) is 11.5 Å². The number of hydrogen-bond acceptors (Lipinski definition) is 12. The third-order valence-corrected chi connectivity index (χ3v) is 7.57. The van der Waals surface area contributed by atoms with E-state index in [2.05, 4.69) is 5.32 Å². The predicted molar refractivity (Wildman–Crippen MR) is 139 cm³/mol. The Bertz CT molecular complexity index is 1260. The van der Waals surface area contributed by atoms with Crippen molar-refractivity contribution in [2.45, 2.75) is 51.6 Å². The Labute approximate surface area is 234 Å². The van der Waals surface area contributed by atoms with Crippen LogP contribution in [-0.4, -0.2) is 78.0 Å². The third-order valence-electron chi connectivity index (χ3n) is 6.24. The molecular weight excluding hydrogens is 546 g/mol. The van der Waals surface area contributed by atoms with Gasteiger partial charge >= 0.3 is 17.9 Å². The molecule has 3 aliphatic rings.